The van der Waals surface area contributed by atoms with Crippen LogP contribution >= 0.6 is 0 Å². The van der Waals surface area contributed by atoms with E-state index in [2.05, 4.69) is 10.3 Å². The molecular formula is C18H17N3O4. The molecule has 1 aromatic carbocycles. The van der Waals surface area contributed by atoms with E-state index in [1.54, 1.807) is 12.1 Å². The molecule has 0 saturated heterocycles. The van der Waals surface area contributed by atoms with E-state index in [1.807, 2.05) is 19.9 Å². The molecule has 0 atom stereocenters. The van der Waals surface area contributed by atoms with Crippen molar-refractivity contribution in [1.82, 2.24) is 4.98 Å². The lowest BCUT2D eigenvalue weighted by Gasteiger charge is -2.08. The maximum atomic E-state index is 12.8. The van der Waals surface area contributed by atoms with Gasteiger partial charge in [0.1, 0.15) is 5.58 Å². The Morgan fingerprint density at radius 2 is 2.04 bits per heavy atom. The van der Waals surface area contributed by atoms with Crippen molar-refractivity contribution < 1.29 is 9.34 Å². The number of nitrogens with one attached hydrogen (secondary N) is 1. The second kappa shape index (κ2) is 5.54. The minimum Gasteiger partial charge on any atom is -0.437 e. The van der Waals surface area contributed by atoms with E-state index in [9.17, 15) is 14.9 Å². The number of nitro groups is 1. The van der Waals surface area contributed by atoms with E-state index in [0.717, 1.165) is 18.4 Å². The number of anilines is 1. The van der Waals surface area contributed by atoms with Gasteiger partial charge in [0, 0.05) is 12.1 Å². The maximum absolute atomic E-state index is 12.8. The highest BCUT2D eigenvalue weighted by molar-refractivity contribution is 5.90. The second-order valence-corrected chi connectivity index (χ2v) is 6.73. The Balaban J connectivity index is 1.99. The second-order valence-electron chi connectivity index (χ2n) is 6.73. The normalized spacial score (nSPS) is 14.4. The summed E-state index contributed by atoms with van der Waals surface area (Å²) < 4.78 is 5.77. The van der Waals surface area contributed by atoms with Gasteiger partial charge >= 0.3 is 5.69 Å². The van der Waals surface area contributed by atoms with E-state index in [-0.39, 0.29) is 40.0 Å². The van der Waals surface area contributed by atoms with Gasteiger partial charge in [0.15, 0.2) is 0 Å². The SMILES string of the molecule is CC(C)c1ccc2oc3nc(NC4CC4)c([N+](=O)[O-])cc3c(=O)c2c1. The number of aromatic nitrogens is 1. The molecule has 2 heterocycles. The summed E-state index contributed by atoms with van der Waals surface area (Å²) in [6.07, 6.45) is 1.91. The molecule has 0 unspecified atom stereocenters. The Morgan fingerprint density at radius 3 is 2.68 bits per heavy atom. The minimum absolute atomic E-state index is 0.114. The fraction of sp³-hybridized carbons (Fsp3) is 0.333. The Morgan fingerprint density at radius 1 is 1.28 bits per heavy atom. The van der Waals surface area contributed by atoms with Crippen LogP contribution < -0.4 is 10.7 Å². The highest BCUT2D eigenvalue weighted by atomic mass is 16.6. The number of nitrogens with zero attached hydrogens (tertiary/aromatic N) is 2. The zero-order valence-corrected chi connectivity index (χ0v) is 13.9. The predicted molar refractivity (Wildman–Crippen MR) is 95.2 cm³/mol. The molecule has 128 valence electrons. The molecule has 1 aliphatic carbocycles. The van der Waals surface area contributed by atoms with E-state index >= 15 is 0 Å². The molecule has 1 aliphatic rings. The summed E-state index contributed by atoms with van der Waals surface area (Å²) in [6.45, 7) is 4.07. The highest BCUT2D eigenvalue weighted by Crippen LogP contribution is 2.32. The molecule has 1 saturated carbocycles. The van der Waals surface area contributed by atoms with Crippen molar-refractivity contribution in [2.75, 3.05) is 5.32 Å². The number of fused-ring (bicyclic) bond motifs is 2. The van der Waals surface area contributed by atoms with Crippen LogP contribution in [-0.2, 0) is 0 Å². The van der Waals surface area contributed by atoms with Gasteiger partial charge in [-0.3, -0.25) is 14.9 Å². The molecule has 1 fully saturated rings. The first-order valence-electron chi connectivity index (χ1n) is 8.26. The molecule has 2 aromatic heterocycles. The van der Waals surface area contributed by atoms with Gasteiger partial charge in [-0.15, -0.1) is 0 Å². The zero-order chi connectivity index (χ0) is 17.7. The van der Waals surface area contributed by atoms with Gasteiger partial charge in [0.05, 0.1) is 15.7 Å². The maximum Gasteiger partial charge on any atom is 0.312 e. The van der Waals surface area contributed by atoms with Crippen LogP contribution in [0.1, 0.15) is 38.2 Å². The zero-order valence-electron chi connectivity index (χ0n) is 13.9. The number of hydrogen-bond acceptors (Lipinski definition) is 6. The van der Waals surface area contributed by atoms with Crippen LogP contribution in [-0.4, -0.2) is 15.9 Å². The molecule has 4 rings (SSSR count). The van der Waals surface area contributed by atoms with E-state index in [0.29, 0.717) is 11.0 Å². The molecule has 1 N–H and O–H groups in total. The Labute approximate surface area is 142 Å². The molecule has 0 aliphatic heterocycles. The Kier molecular flexibility index (Phi) is 3.45. The molecule has 0 spiro atoms. The lowest BCUT2D eigenvalue weighted by Crippen LogP contribution is -2.10. The quantitative estimate of drug-likeness (QED) is 0.439. The minimum atomic E-state index is -0.522. The van der Waals surface area contributed by atoms with Crippen LogP contribution in [0.4, 0.5) is 11.5 Å². The molecule has 0 radical (unpaired) electrons. The van der Waals surface area contributed by atoms with Gasteiger partial charge in [0.25, 0.3) is 0 Å². The van der Waals surface area contributed by atoms with E-state index in [4.69, 9.17) is 4.42 Å². The predicted octanol–water partition coefficient (Wildman–Crippen LogP) is 3.95. The molecule has 0 amide bonds. The van der Waals surface area contributed by atoms with Crippen LogP contribution in [0.3, 0.4) is 0 Å². The van der Waals surface area contributed by atoms with Crippen molar-refractivity contribution in [1.29, 1.82) is 0 Å². The van der Waals surface area contributed by atoms with Crippen LogP contribution in [0.25, 0.3) is 22.1 Å². The Bertz CT molecular complexity index is 1070. The highest BCUT2D eigenvalue weighted by Gasteiger charge is 2.27. The van der Waals surface area contributed by atoms with Crippen molar-refractivity contribution in [2.24, 2.45) is 0 Å². The van der Waals surface area contributed by atoms with Gasteiger partial charge in [-0.1, -0.05) is 19.9 Å². The summed E-state index contributed by atoms with van der Waals surface area (Å²) >= 11 is 0. The lowest BCUT2D eigenvalue weighted by molar-refractivity contribution is -0.384. The number of hydrogen-bond donors (Lipinski definition) is 1. The number of rotatable bonds is 4. The van der Waals surface area contributed by atoms with Crippen molar-refractivity contribution in [3.05, 3.63) is 50.2 Å². The van der Waals surface area contributed by atoms with Crippen LogP contribution in [0, 0.1) is 10.1 Å². The van der Waals surface area contributed by atoms with Gasteiger partial charge in [-0.05, 0) is 36.5 Å². The average Bonchev–Trinajstić information content (AvgIpc) is 3.38. The van der Waals surface area contributed by atoms with Crippen LogP contribution in [0.2, 0.25) is 0 Å². The topological polar surface area (TPSA) is 98.3 Å². The van der Waals surface area contributed by atoms with Gasteiger partial charge in [0.2, 0.25) is 17.0 Å². The van der Waals surface area contributed by atoms with Crippen molar-refractivity contribution >= 4 is 33.6 Å². The smallest absolute Gasteiger partial charge is 0.312 e. The largest absolute Gasteiger partial charge is 0.437 e. The standard InChI is InChI=1S/C18H17N3O4/c1-9(2)10-3-6-15-12(7-10)16(22)13-8-14(21(23)24)17(19-11-4-5-11)20-18(13)25-15/h3,6-9,11H,4-5H2,1-2H3,(H,19,20). The summed E-state index contributed by atoms with van der Waals surface area (Å²) in [5.74, 6) is 0.415. The molecule has 3 aromatic rings. The van der Waals surface area contributed by atoms with Gasteiger partial charge in [-0.2, -0.15) is 4.98 Å². The molecule has 7 heteroatoms. The summed E-state index contributed by atoms with van der Waals surface area (Å²) in [6, 6.07) is 6.91. The van der Waals surface area contributed by atoms with Crippen molar-refractivity contribution in [3.8, 4) is 0 Å². The summed E-state index contributed by atoms with van der Waals surface area (Å²) in [5.41, 5.74) is 1.05. The fourth-order valence-electron chi connectivity index (χ4n) is 2.82. The van der Waals surface area contributed by atoms with Crippen molar-refractivity contribution in [2.45, 2.75) is 38.6 Å². The Hall–Kier alpha value is -2.96. The van der Waals surface area contributed by atoms with Crippen LogP contribution in [0.15, 0.2) is 33.5 Å². The first-order valence-corrected chi connectivity index (χ1v) is 8.26. The molecule has 7 nitrogen and oxygen atoms in total. The molecule has 0 bridgehead atoms. The summed E-state index contributed by atoms with van der Waals surface area (Å²) in [5, 5.41) is 15.0. The van der Waals surface area contributed by atoms with Crippen LogP contribution in [0.5, 0.6) is 0 Å². The monoisotopic (exact) mass is 339 g/mol. The van der Waals surface area contributed by atoms with Gasteiger partial charge in [-0.25, -0.2) is 0 Å². The summed E-state index contributed by atoms with van der Waals surface area (Å²) in [4.78, 5) is 27.9. The van der Waals surface area contributed by atoms with Crippen molar-refractivity contribution in [3.63, 3.8) is 0 Å². The third-order valence-corrected chi connectivity index (χ3v) is 4.45. The van der Waals surface area contributed by atoms with E-state index in [1.165, 1.54) is 6.07 Å². The third-order valence-electron chi connectivity index (χ3n) is 4.45. The van der Waals surface area contributed by atoms with Gasteiger partial charge < -0.3 is 9.73 Å². The lowest BCUT2D eigenvalue weighted by atomic mass is 10.0. The molecular weight excluding hydrogens is 322 g/mol. The number of pyridine rings is 1. The average molecular weight is 339 g/mol. The summed E-state index contributed by atoms with van der Waals surface area (Å²) in [7, 11) is 0. The molecule has 25 heavy (non-hydrogen) atoms. The number of benzene rings is 1. The third kappa shape index (κ3) is 2.71. The first-order chi connectivity index (χ1) is 11.9. The first kappa shape index (κ1) is 15.6. The van der Waals surface area contributed by atoms with E-state index < -0.39 is 4.92 Å². The fourth-order valence-corrected chi connectivity index (χ4v) is 2.82.